The van der Waals surface area contributed by atoms with Crippen molar-refractivity contribution in [2.75, 3.05) is 53.1 Å². The third kappa shape index (κ3) is 4.32. The van der Waals surface area contributed by atoms with E-state index in [0.717, 1.165) is 77.4 Å². The molecule has 0 N–H and O–H groups in total. The number of fused-ring (bicyclic) bond motifs is 1. The number of nitrogens with zero attached hydrogens (tertiary/aromatic N) is 3. The topological polar surface area (TPSA) is 66.7 Å². The zero-order valence-electron chi connectivity index (χ0n) is 20.3. The van der Waals surface area contributed by atoms with E-state index in [9.17, 15) is 0 Å². The van der Waals surface area contributed by atoms with E-state index in [1.165, 1.54) is 12.8 Å². The van der Waals surface area contributed by atoms with Crippen molar-refractivity contribution in [3.05, 3.63) is 23.1 Å². The van der Waals surface area contributed by atoms with E-state index < -0.39 is 0 Å². The number of aromatic nitrogens is 2. The maximum Gasteiger partial charge on any atom is 0.258 e. The average Bonchev–Trinajstić information content (AvgIpc) is 3.49. The van der Waals surface area contributed by atoms with Crippen molar-refractivity contribution in [3.8, 4) is 28.6 Å². The fraction of sp³-hybridized carbons (Fsp3) is 0.560. The van der Waals surface area contributed by atoms with Crippen LogP contribution in [0.5, 0.6) is 17.4 Å². The molecule has 1 saturated carbocycles. The lowest BCUT2D eigenvalue weighted by atomic mass is 10.1. The molecule has 2 aromatic heterocycles. The molecule has 3 heterocycles. The maximum atomic E-state index is 5.84. The van der Waals surface area contributed by atoms with Crippen LogP contribution in [0.15, 0.2) is 17.5 Å². The van der Waals surface area contributed by atoms with E-state index in [4.69, 9.17) is 28.8 Å². The minimum Gasteiger partial charge on any atom is -0.496 e. The van der Waals surface area contributed by atoms with Gasteiger partial charge in [0.25, 0.3) is 5.88 Å². The zero-order chi connectivity index (χ0) is 23.7. The van der Waals surface area contributed by atoms with Gasteiger partial charge in [-0.15, -0.1) is 16.4 Å². The van der Waals surface area contributed by atoms with E-state index >= 15 is 0 Å². The van der Waals surface area contributed by atoms with Crippen molar-refractivity contribution in [3.63, 3.8) is 0 Å². The Balaban J connectivity index is 1.62. The minimum absolute atomic E-state index is 0.435. The van der Waals surface area contributed by atoms with Gasteiger partial charge in [0.05, 0.1) is 33.6 Å². The summed E-state index contributed by atoms with van der Waals surface area (Å²) in [5.41, 5.74) is 3.90. The van der Waals surface area contributed by atoms with Crippen LogP contribution in [0.3, 0.4) is 0 Å². The molecule has 8 nitrogen and oxygen atoms in total. The molecule has 9 heteroatoms. The van der Waals surface area contributed by atoms with Crippen molar-refractivity contribution < 1.29 is 23.7 Å². The molecule has 2 fully saturated rings. The normalized spacial score (nSPS) is 16.7. The first-order valence-corrected chi connectivity index (χ1v) is 12.7. The van der Waals surface area contributed by atoms with E-state index in [1.54, 1.807) is 39.8 Å². The third-order valence-electron chi connectivity index (χ3n) is 6.74. The lowest BCUT2D eigenvalue weighted by molar-refractivity contribution is 0.0841. The van der Waals surface area contributed by atoms with Gasteiger partial charge in [0.1, 0.15) is 22.0 Å². The highest BCUT2D eigenvalue weighted by Gasteiger charge is 2.34. The number of benzene rings is 1. The molecule has 0 unspecified atom stereocenters. The molecule has 0 bridgehead atoms. The number of thiazole rings is 1. The fourth-order valence-electron chi connectivity index (χ4n) is 4.79. The molecule has 0 spiro atoms. The van der Waals surface area contributed by atoms with E-state index in [-0.39, 0.29) is 0 Å². The van der Waals surface area contributed by atoms with Crippen LogP contribution in [0.2, 0.25) is 0 Å². The Labute approximate surface area is 204 Å². The molecule has 1 saturated heterocycles. The van der Waals surface area contributed by atoms with Crippen molar-refractivity contribution in [1.29, 1.82) is 0 Å². The molecule has 1 aliphatic heterocycles. The summed E-state index contributed by atoms with van der Waals surface area (Å²) < 4.78 is 30.3. The summed E-state index contributed by atoms with van der Waals surface area (Å²) in [7, 11) is 6.74. The summed E-state index contributed by atoms with van der Waals surface area (Å²) in [5.74, 6) is 2.93. The number of methoxy groups -OCH3 is 4. The van der Waals surface area contributed by atoms with Crippen LogP contribution in [-0.2, 0) is 16.1 Å². The Morgan fingerprint density at radius 2 is 1.79 bits per heavy atom. The number of hydrogen-bond donors (Lipinski definition) is 0. The van der Waals surface area contributed by atoms with Crippen LogP contribution in [0.4, 0.5) is 5.69 Å². The smallest absolute Gasteiger partial charge is 0.258 e. The van der Waals surface area contributed by atoms with Crippen LogP contribution < -0.4 is 19.1 Å². The molecular formula is C25H33N3O5S. The van der Waals surface area contributed by atoms with Crippen LogP contribution in [0.1, 0.15) is 31.2 Å². The number of rotatable bonds is 10. The van der Waals surface area contributed by atoms with Crippen molar-refractivity contribution in [2.45, 2.75) is 38.3 Å². The molecule has 34 heavy (non-hydrogen) atoms. The molecular weight excluding hydrogens is 454 g/mol. The lowest BCUT2D eigenvalue weighted by Crippen LogP contribution is -2.41. The summed E-state index contributed by atoms with van der Waals surface area (Å²) >= 11 is 1.69. The Morgan fingerprint density at radius 1 is 1.03 bits per heavy atom. The second-order valence-electron chi connectivity index (χ2n) is 8.93. The third-order valence-corrected chi connectivity index (χ3v) is 7.67. The highest BCUT2D eigenvalue weighted by molar-refractivity contribution is 7.16. The quantitative estimate of drug-likeness (QED) is 0.413. The highest BCUT2D eigenvalue weighted by Crippen LogP contribution is 2.45. The highest BCUT2D eigenvalue weighted by atomic mass is 32.1. The first-order chi connectivity index (χ1) is 16.7. The van der Waals surface area contributed by atoms with E-state index in [1.807, 2.05) is 16.6 Å². The first kappa shape index (κ1) is 23.3. The summed E-state index contributed by atoms with van der Waals surface area (Å²) in [5, 5.41) is 7.05. The molecule has 0 atom stereocenters. The number of ether oxygens (including phenoxy) is 5. The van der Waals surface area contributed by atoms with E-state index in [0.29, 0.717) is 18.5 Å². The summed E-state index contributed by atoms with van der Waals surface area (Å²) in [6.45, 7) is 3.09. The van der Waals surface area contributed by atoms with Gasteiger partial charge in [-0.3, -0.25) is 0 Å². The first-order valence-electron chi connectivity index (χ1n) is 11.8. The van der Waals surface area contributed by atoms with Crippen LogP contribution in [0, 0.1) is 5.92 Å². The van der Waals surface area contributed by atoms with Crippen molar-refractivity contribution in [1.82, 2.24) is 9.61 Å². The standard InChI is InChI=1S/C25H33N3O5S/c1-29-14-17-11-22(31-3)19(12-21(17)30-2)20-15-34-25-23(24(32-4)26-28(20)25)27(13-16-5-6-16)18-7-9-33-10-8-18/h11-12,15-16,18H,5-10,13-14H2,1-4H3. The summed E-state index contributed by atoms with van der Waals surface area (Å²) in [6.07, 6.45) is 4.65. The van der Waals surface area contributed by atoms with Crippen LogP contribution in [0.25, 0.3) is 16.1 Å². The van der Waals surface area contributed by atoms with Gasteiger partial charge in [-0.05, 0) is 43.7 Å². The molecule has 0 radical (unpaired) electrons. The lowest BCUT2D eigenvalue weighted by Gasteiger charge is -2.35. The van der Waals surface area contributed by atoms with Gasteiger partial charge in [-0.1, -0.05) is 0 Å². The molecule has 0 amide bonds. The van der Waals surface area contributed by atoms with Gasteiger partial charge in [0.15, 0.2) is 0 Å². The monoisotopic (exact) mass is 487 g/mol. The Kier molecular flexibility index (Phi) is 6.85. The predicted molar refractivity (Wildman–Crippen MR) is 133 cm³/mol. The second-order valence-corrected chi connectivity index (χ2v) is 9.79. The second kappa shape index (κ2) is 10.0. The number of anilines is 1. The van der Waals surface area contributed by atoms with Gasteiger partial charge in [0, 0.05) is 49.4 Å². The summed E-state index contributed by atoms with van der Waals surface area (Å²) in [6, 6.07) is 4.41. The zero-order valence-corrected chi connectivity index (χ0v) is 21.2. The van der Waals surface area contributed by atoms with Crippen molar-refractivity contribution >= 4 is 21.9 Å². The minimum atomic E-state index is 0.435. The summed E-state index contributed by atoms with van der Waals surface area (Å²) in [4.78, 5) is 3.63. The van der Waals surface area contributed by atoms with Gasteiger partial charge in [0.2, 0.25) is 0 Å². The molecule has 184 valence electrons. The fourth-order valence-corrected chi connectivity index (χ4v) is 5.80. The molecule has 2 aliphatic rings. The largest absolute Gasteiger partial charge is 0.496 e. The number of hydrogen-bond acceptors (Lipinski definition) is 8. The van der Waals surface area contributed by atoms with Gasteiger partial charge in [-0.25, -0.2) is 4.52 Å². The predicted octanol–water partition coefficient (Wildman–Crippen LogP) is 4.63. The Bertz CT molecular complexity index is 1130. The van der Waals surface area contributed by atoms with E-state index in [2.05, 4.69) is 10.3 Å². The molecule has 1 aliphatic carbocycles. The average molecular weight is 488 g/mol. The van der Waals surface area contributed by atoms with Gasteiger partial charge < -0.3 is 28.6 Å². The van der Waals surface area contributed by atoms with Crippen LogP contribution in [-0.4, -0.2) is 63.9 Å². The van der Waals surface area contributed by atoms with Gasteiger partial charge in [-0.2, -0.15) is 0 Å². The SMILES string of the molecule is COCc1cc(OC)c(-c2csc3c(N(CC4CC4)C4CCOCC4)c(OC)nn23)cc1OC. The molecule has 3 aromatic rings. The Morgan fingerprint density at radius 3 is 2.44 bits per heavy atom. The maximum absolute atomic E-state index is 5.84. The molecule has 5 rings (SSSR count). The van der Waals surface area contributed by atoms with Gasteiger partial charge >= 0.3 is 0 Å². The van der Waals surface area contributed by atoms with Crippen molar-refractivity contribution in [2.24, 2.45) is 5.92 Å². The Hall–Kier alpha value is -2.49. The molecule has 1 aromatic carbocycles. The van der Waals surface area contributed by atoms with Crippen LogP contribution >= 0.6 is 11.3 Å².